The average Bonchev–Trinajstić information content (AvgIpc) is 2.56. The number of para-hydroxylation sites is 2. The minimum atomic E-state index is -4.25. The third-order valence-electron chi connectivity index (χ3n) is 2.94. The summed E-state index contributed by atoms with van der Waals surface area (Å²) in [6, 6.07) is 7.81. The first-order chi connectivity index (χ1) is 9.06. The van der Waals surface area contributed by atoms with Crippen molar-refractivity contribution in [3.05, 3.63) is 24.3 Å². The maximum atomic E-state index is 12.0. The van der Waals surface area contributed by atoms with Gasteiger partial charge in [-0.1, -0.05) is 12.1 Å². The fourth-order valence-corrected chi connectivity index (χ4v) is 2.11. The van der Waals surface area contributed by atoms with Crippen LogP contribution in [0.1, 0.15) is 6.42 Å². The van der Waals surface area contributed by atoms with Crippen LogP contribution in [0.2, 0.25) is 0 Å². The summed E-state index contributed by atoms with van der Waals surface area (Å²) in [5.74, 6) is 0. The van der Waals surface area contributed by atoms with Crippen molar-refractivity contribution in [2.24, 2.45) is 0 Å². The lowest BCUT2D eigenvalue weighted by Crippen LogP contribution is -2.29. The SMILES string of the molecule is FC(F)(F)COCCN1CCCNc2ccccc21. The third kappa shape index (κ3) is 4.31. The van der Waals surface area contributed by atoms with Gasteiger partial charge in [-0.05, 0) is 18.6 Å². The molecule has 1 aromatic carbocycles. The molecule has 1 aliphatic heterocycles. The van der Waals surface area contributed by atoms with Crippen LogP contribution in [0.3, 0.4) is 0 Å². The van der Waals surface area contributed by atoms with Crippen LogP contribution < -0.4 is 10.2 Å². The molecule has 0 fully saturated rings. The Hall–Kier alpha value is -1.43. The number of nitrogens with zero attached hydrogens (tertiary/aromatic N) is 1. The molecule has 1 N–H and O–H groups in total. The fourth-order valence-electron chi connectivity index (χ4n) is 2.11. The minimum absolute atomic E-state index is 0.0772. The first-order valence-electron chi connectivity index (χ1n) is 6.28. The Bertz CT molecular complexity index is 409. The minimum Gasteiger partial charge on any atom is -0.383 e. The molecule has 0 aromatic heterocycles. The van der Waals surface area contributed by atoms with E-state index in [4.69, 9.17) is 0 Å². The van der Waals surface area contributed by atoms with Gasteiger partial charge < -0.3 is 15.0 Å². The molecular formula is C13H17F3N2O. The quantitative estimate of drug-likeness (QED) is 0.854. The van der Waals surface area contributed by atoms with E-state index in [-0.39, 0.29) is 6.61 Å². The van der Waals surface area contributed by atoms with Crippen molar-refractivity contribution in [1.82, 2.24) is 0 Å². The lowest BCUT2D eigenvalue weighted by atomic mass is 10.2. The Balaban J connectivity index is 1.90. The van der Waals surface area contributed by atoms with Gasteiger partial charge >= 0.3 is 6.18 Å². The molecule has 0 aliphatic carbocycles. The van der Waals surface area contributed by atoms with Gasteiger partial charge in [0.15, 0.2) is 0 Å². The Labute approximate surface area is 110 Å². The van der Waals surface area contributed by atoms with Crippen molar-refractivity contribution < 1.29 is 17.9 Å². The van der Waals surface area contributed by atoms with Crippen molar-refractivity contribution in [2.75, 3.05) is 43.1 Å². The normalized spacial score (nSPS) is 15.6. The van der Waals surface area contributed by atoms with Crippen molar-refractivity contribution in [3.8, 4) is 0 Å². The molecule has 19 heavy (non-hydrogen) atoms. The maximum absolute atomic E-state index is 12.0. The van der Waals surface area contributed by atoms with Crippen LogP contribution in [0.4, 0.5) is 24.5 Å². The molecule has 0 unspecified atom stereocenters. The van der Waals surface area contributed by atoms with Crippen LogP contribution >= 0.6 is 0 Å². The maximum Gasteiger partial charge on any atom is 0.411 e. The molecule has 0 radical (unpaired) electrons. The predicted molar refractivity (Wildman–Crippen MR) is 68.6 cm³/mol. The number of alkyl halides is 3. The first-order valence-corrected chi connectivity index (χ1v) is 6.28. The number of hydrogen-bond acceptors (Lipinski definition) is 3. The molecule has 2 rings (SSSR count). The van der Waals surface area contributed by atoms with Crippen LogP contribution in [0.15, 0.2) is 24.3 Å². The highest BCUT2D eigenvalue weighted by Crippen LogP contribution is 2.27. The zero-order chi connectivity index (χ0) is 13.7. The van der Waals surface area contributed by atoms with Crippen molar-refractivity contribution >= 4 is 11.4 Å². The summed E-state index contributed by atoms with van der Waals surface area (Å²) < 4.78 is 40.6. The van der Waals surface area contributed by atoms with Crippen LogP contribution in [0.25, 0.3) is 0 Å². The van der Waals surface area contributed by atoms with Crippen molar-refractivity contribution in [1.29, 1.82) is 0 Å². The van der Waals surface area contributed by atoms with Gasteiger partial charge in [-0.3, -0.25) is 0 Å². The molecule has 106 valence electrons. The predicted octanol–water partition coefficient (Wildman–Crippen LogP) is 2.89. The van der Waals surface area contributed by atoms with E-state index in [2.05, 4.69) is 15.0 Å². The third-order valence-corrected chi connectivity index (χ3v) is 2.94. The van der Waals surface area contributed by atoms with Gasteiger partial charge in [-0.25, -0.2) is 0 Å². The van der Waals surface area contributed by atoms with Gasteiger partial charge in [0, 0.05) is 19.6 Å². The number of anilines is 2. The molecule has 0 amide bonds. The topological polar surface area (TPSA) is 24.5 Å². The number of hydrogen-bond donors (Lipinski definition) is 1. The van der Waals surface area contributed by atoms with Crippen molar-refractivity contribution in [3.63, 3.8) is 0 Å². The lowest BCUT2D eigenvalue weighted by Gasteiger charge is -2.24. The van der Waals surface area contributed by atoms with Crippen molar-refractivity contribution in [2.45, 2.75) is 12.6 Å². The summed E-state index contributed by atoms with van der Waals surface area (Å²) in [5, 5.41) is 3.31. The van der Waals surface area contributed by atoms with Gasteiger partial charge in [0.05, 0.1) is 18.0 Å². The monoisotopic (exact) mass is 274 g/mol. The summed E-state index contributed by atoms with van der Waals surface area (Å²) in [4.78, 5) is 2.06. The largest absolute Gasteiger partial charge is 0.411 e. The Morgan fingerprint density at radius 3 is 2.84 bits per heavy atom. The van der Waals surface area contributed by atoms with Crippen LogP contribution in [0, 0.1) is 0 Å². The van der Waals surface area contributed by atoms with E-state index < -0.39 is 12.8 Å². The number of fused-ring (bicyclic) bond motifs is 1. The number of benzene rings is 1. The highest BCUT2D eigenvalue weighted by atomic mass is 19.4. The molecule has 0 spiro atoms. The molecule has 1 aliphatic rings. The molecule has 0 saturated heterocycles. The molecule has 1 aromatic rings. The van der Waals surface area contributed by atoms with Gasteiger partial charge in [-0.2, -0.15) is 13.2 Å². The van der Waals surface area contributed by atoms with Crippen LogP contribution in [-0.4, -0.2) is 39.0 Å². The number of nitrogens with one attached hydrogen (secondary N) is 1. The molecule has 1 heterocycles. The van der Waals surface area contributed by atoms with Crippen LogP contribution in [0.5, 0.6) is 0 Å². The van der Waals surface area contributed by atoms with E-state index in [9.17, 15) is 13.2 Å². The molecule has 3 nitrogen and oxygen atoms in total. The molecule has 0 bridgehead atoms. The highest BCUT2D eigenvalue weighted by Gasteiger charge is 2.27. The standard InChI is InChI=1S/C13H17F3N2O/c14-13(15,16)10-19-9-8-18-7-3-6-17-11-4-1-2-5-12(11)18/h1-2,4-5,17H,3,6-10H2. The fraction of sp³-hybridized carbons (Fsp3) is 0.538. The summed E-state index contributed by atoms with van der Waals surface area (Å²) >= 11 is 0. The second-order valence-corrected chi connectivity index (χ2v) is 4.45. The zero-order valence-corrected chi connectivity index (χ0v) is 10.5. The number of ether oxygens (including phenoxy) is 1. The van der Waals surface area contributed by atoms with E-state index in [1.54, 1.807) is 0 Å². The lowest BCUT2D eigenvalue weighted by molar-refractivity contribution is -0.173. The van der Waals surface area contributed by atoms with Crippen LogP contribution in [-0.2, 0) is 4.74 Å². The molecule has 0 saturated carbocycles. The summed E-state index contributed by atoms with van der Waals surface area (Å²) in [6.45, 7) is 1.06. The Morgan fingerprint density at radius 1 is 1.26 bits per heavy atom. The molecular weight excluding hydrogens is 257 g/mol. The molecule has 6 heteroatoms. The number of rotatable bonds is 4. The summed E-state index contributed by atoms with van der Waals surface area (Å²) in [5.41, 5.74) is 2.05. The van der Waals surface area contributed by atoms with E-state index in [1.165, 1.54) is 0 Å². The van der Waals surface area contributed by atoms with Gasteiger partial charge in [0.1, 0.15) is 6.61 Å². The highest BCUT2D eigenvalue weighted by molar-refractivity contribution is 5.70. The second-order valence-electron chi connectivity index (χ2n) is 4.45. The average molecular weight is 274 g/mol. The second kappa shape index (κ2) is 6.14. The van der Waals surface area contributed by atoms with Gasteiger partial charge in [0.2, 0.25) is 0 Å². The van der Waals surface area contributed by atoms with E-state index in [0.29, 0.717) is 6.54 Å². The van der Waals surface area contributed by atoms with E-state index in [0.717, 1.165) is 30.9 Å². The van der Waals surface area contributed by atoms with E-state index >= 15 is 0 Å². The Kier molecular flexibility index (Phi) is 4.52. The summed E-state index contributed by atoms with van der Waals surface area (Å²) in [6.07, 6.45) is -3.30. The Morgan fingerprint density at radius 2 is 2.05 bits per heavy atom. The number of halogens is 3. The van der Waals surface area contributed by atoms with Gasteiger partial charge in [-0.15, -0.1) is 0 Å². The smallest absolute Gasteiger partial charge is 0.383 e. The zero-order valence-electron chi connectivity index (χ0n) is 10.5. The summed E-state index contributed by atoms with van der Waals surface area (Å²) in [7, 11) is 0. The van der Waals surface area contributed by atoms with E-state index in [1.807, 2.05) is 24.3 Å². The van der Waals surface area contributed by atoms with Gasteiger partial charge in [0.25, 0.3) is 0 Å². The molecule has 0 atom stereocenters. The first kappa shape index (κ1) is 14.0.